The fraction of sp³-hybridized carbons (Fsp3) is 0.0177. The molecule has 0 bridgehead atoms. The van der Waals surface area contributed by atoms with E-state index in [2.05, 4.69) is 390 Å². The van der Waals surface area contributed by atoms with Gasteiger partial charge in [0.1, 0.15) is 12.7 Å². The summed E-state index contributed by atoms with van der Waals surface area (Å²) in [4.78, 5) is 44.3. The van der Waals surface area contributed by atoms with Crippen LogP contribution in [0.2, 0.25) is 0 Å². The molecule has 15 heteroatoms. The van der Waals surface area contributed by atoms with E-state index in [1.807, 2.05) is 72.9 Å². The summed E-state index contributed by atoms with van der Waals surface area (Å²) in [6.45, 7) is 4.23. The molecule has 602 valence electrons. The standard InChI is InChI=1S/C42H30N4.C37H23N7.C34H22N4/c1-27-16-20-29(21-17-27)36-26-37(30-22-18-28(2)19-23-30)44-42(43-36)46-39-15-9-7-13-33(39)35-25-24-34-32-12-6-8-14-38(32)45(40(34)41(35)46)31-10-4-3-5-11-31;1-3-11-24(12-4-1)30-21-31(25-13-5-2-6-14-25)42-37(41-30)44-33-18-10-8-16-27(33)29-20-19-28-26-15-7-9-17-32(26)43(34(28)35(29)44)36-39-22-38-23-40-36;1-3-11-23(12-4-1)29-21-22-35-34(36-29)38-31-18-10-8-16-26(31)28-20-19-27-25-15-7-9-17-30(25)37(32(27)33(28)38)24-13-5-2-6-14-24/h3-26H,1-2H3;1-23H;1-22H. The van der Waals surface area contributed by atoms with Gasteiger partial charge < -0.3 is 9.13 Å². The van der Waals surface area contributed by atoms with Gasteiger partial charge in [0.05, 0.1) is 94.7 Å². The molecule has 26 rings (SSSR count). The predicted octanol–water partition coefficient (Wildman–Crippen LogP) is 27.1. The Morgan fingerprint density at radius 2 is 0.422 bits per heavy atom. The van der Waals surface area contributed by atoms with Crippen LogP contribution in [0, 0.1) is 13.8 Å². The maximum Gasteiger partial charge on any atom is 0.237 e. The minimum absolute atomic E-state index is 0.555. The predicted molar refractivity (Wildman–Crippen MR) is 522 cm³/mol. The SMILES string of the molecule is Cc1ccc(-c2cc(-c3ccc(C)cc3)nc(-n3c4ccccc4c4ccc5c6ccccc6n(-c6ccccc6)c5c43)n2)cc1.c1ccc(-c2cc(-c3ccccc3)nc(-n3c4ccccc4c4ccc5c6ccccc6n(-c6ncncn6)c5c43)n2)cc1.c1ccc(-c2ccnc(-n3c4ccccc4c4ccc5c6ccccc6n(-c6ccccc6)c5c43)n2)cc1. The van der Waals surface area contributed by atoms with Crippen LogP contribution < -0.4 is 0 Å². The van der Waals surface area contributed by atoms with Gasteiger partial charge in [-0.15, -0.1) is 0 Å². The second-order valence-electron chi connectivity index (χ2n) is 32.2. The van der Waals surface area contributed by atoms with Crippen molar-refractivity contribution in [2.75, 3.05) is 0 Å². The lowest BCUT2D eigenvalue weighted by Crippen LogP contribution is -2.06. The molecule has 0 radical (unpaired) electrons. The van der Waals surface area contributed by atoms with Crippen LogP contribution in [0.25, 0.3) is 222 Å². The third kappa shape index (κ3) is 12.5. The van der Waals surface area contributed by atoms with Crippen molar-refractivity contribution in [3.63, 3.8) is 0 Å². The summed E-state index contributed by atoms with van der Waals surface area (Å²) in [5, 5.41) is 14.0. The van der Waals surface area contributed by atoms with Gasteiger partial charge >= 0.3 is 0 Å². The fourth-order valence-electron chi connectivity index (χ4n) is 18.9. The van der Waals surface area contributed by atoms with E-state index in [1.165, 1.54) is 77.9 Å². The molecule has 10 aromatic heterocycles. The molecule has 0 unspecified atom stereocenters. The molecule has 0 aliphatic rings. The fourth-order valence-corrected chi connectivity index (χ4v) is 18.9. The van der Waals surface area contributed by atoms with Crippen LogP contribution in [0.1, 0.15) is 11.1 Å². The normalized spacial score (nSPS) is 11.7. The maximum absolute atomic E-state index is 5.32. The molecule has 0 aliphatic carbocycles. The van der Waals surface area contributed by atoms with Crippen LogP contribution in [0.3, 0.4) is 0 Å². The molecule has 15 nitrogen and oxygen atoms in total. The zero-order chi connectivity index (χ0) is 84.9. The van der Waals surface area contributed by atoms with Crippen LogP contribution in [-0.2, 0) is 0 Å². The first kappa shape index (κ1) is 74.4. The Morgan fingerprint density at radius 3 is 0.742 bits per heavy atom. The monoisotopic (exact) mass is 1640 g/mol. The largest absolute Gasteiger partial charge is 0.307 e. The number of para-hydroxylation sites is 8. The van der Waals surface area contributed by atoms with Gasteiger partial charge in [-0.1, -0.05) is 333 Å². The van der Waals surface area contributed by atoms with Crippen molar-refractivity contribution in [3.8, 4) is 91.5 Å². The first-order valence-corrected chi connectivity index (χ1v) is 42.9. The third-order valence-electron chi connectivity index (χ3n) is 24.7. The van der Waals surface area contributed by atoms with Crippen LogP contribution in [0.4, 0.5) is 0 Å². The van der Waals surface area contributed by atoms with Gasteiger partial charge in [-0.2, -0.15) is 0 Å². The maximum atomic E-state index is 5.32. The van der Waals surface area contributed by atoms with Crippen molar-refractivity contribution in [1.29, 1.82) is 0 Å². The highest BCUT2D eigenvalue weighted by Crippen LogP contribution is 2.47. The summed E-state index contributed by atoms with van der Waals surface area (Å²) >= 11 is 0. The van der Waals surface area contributed by atoms with Crippen LogP contribution in [0.5, 0.6) is 0 Å². The molecule has 0 amide bonds. The summed E-state index contributed by atoms with van der Waals surface area (Å²) in [6, 6.07) is 140. The molecule has 0 saturated carbocycles. The van der Waals surface area contributed by atoms with Crippen molar-refractivity contribution in [3.05, 3.63) is 430 Å². The summed E-state index contributed by atoms with van der Waals surface area (Å²) in [5.74, 6) is 2.46. The molecule has 0 spiro atoms. The van der Waals surface area contributed by atoms with E-state index in [1.54, 1.807) is 0 Å². The molecular weight excluding hydrogens is 1570 g/mol. The van der Waals surface area contributed by atoms with Crippen LogP contribution >= 0.6 is 0 Å². The Kier molecular flexibility index (Phi) is 17.9. The molecule has 128 heavy (non-hydrogen) atoms. The number of fused-ring (bicyclic) bond motifs is 21. The summed E-state index contributed by atoms with van der Waals surface area (Å²) in [7, 11) is 0. The van der Waals surface area contributed by atoms with Gasteiger partial charge in [0.15, 0.2) is 0 Å². The minimum Gasteiger partial charge on any atom is -0.307 e. The Hall–Kier alpha value is -17.4. The highest BCUT2D eigenvalue weighted by molar-refractivity contribution is 6.27. The van der Waals surface area contributed by atoms with E-state index in [0.717, 1.165) is 144 Å². The number of aromatic nitrogens is 15. The number of benzene rings is 16. The van der Waals surface area contributed by atoms with Gasteiger partial charge in [0.25, 0.3) is 0 Å². The summed E-state index contributed by atoms with van der Waals surface area (Å²) in [6.07, 6.45) is 4.94. The molecule has 16 aromatic carbocycles. The zero-order valence-corrected chi connectivity index (χ0v) is 69.5. The minimum atomic E-state index is 0.555. The van der Waals surface area contributed by atoms with E-state index in [-0.39, 0.29) is 0 Å². The highest BCUT2D eigenvalue weighted by Gasteiger charge is 2.28. The van der Waals surface area contributed by atoms with Crippen molar-refractivity contribution in [1.82, 2.24) is 72.3 Å². The molecule has 0 aliphatic heterocycles. The molecule has 0 N–H and O–H groups in total. The van der Waals surface area contributed by atoms with Crippen molar-refractivity contribution >= 4 is 131 Å². The quantitative estimate of drug-likeness (QED) is 0.123. The molecule has 26 aromatic rings. The molecule has 0 fully saturated rings. The van der Waals surface area contributed by atoms with Gasteiger partial charge in [-0.05, 0) is 92.7 Å². The Labute approximate surface area is 734 Å². The Morgan fingerprint density at radius 1 is 0.180 bits per heavy atom. The topological polar surface area (TPSA) is 146 Å². The van der Waals surface area contributed by atoms with Crippen molar-refractivity contribution in [2.45, 2.75) is 13.8 Å². The van der Waals surface area contributed by atoms with Gasteiger partial charge in [0, 0.05) is 110 Å². The first-order valence-electron chi connectivity index (χ1n) is 42.9. The van der Waals surface area contributed by atoms with Gasteiger partial charge in [0.2, 0.25) is 23.8 Å². The number of hydrogen-bond acceptors (Lipinski definition) is 9. The lowest BCUT2D eigenvalue weighted by Gasteiger charge is -2.14. The molecule has 10 heterocycles. The van der Waals surface area contributed by atoms with Crippen LogP contribution in [-0.4, -0.2) is 72.3 Å². The third-order valence-corrected chi connectivity index (χ3v) is 24.7. The van der Waals surface area contributed by atoms with Gasteiger partial charge in [-0.3, -0.25) is 18.3 Å². The van der Waals surface area contributed by atoms with Crippen LogP contribution in [0.15, 0.2) is 419 Å². The highest BCUT2D eigenvalue weighted by atomic mass is 15.2. The average Bonchev–Trinajstić information content (AvgIpc) is 1.55. The second-order valence-corrected chi connectivity index (χ2v) is 32.2. The number of rotatable bonds is 11. The van der Waals surface area contributed by atoms with E-state index in [9.17, 15) is 0 Å². The second kappa shape index (κ2) is 30.9. The van der Waals surface area contributed by atoms with Crippen molar-refractivity contribution in [2.24, 2.45) is 0 Å². The molecular formula is C113H75N15. The average molecular weight is 1640 g/mol. The van der Waals surface area contributed by atoms with Crippen molar-refractivity contribution < 1.29 is 0 Å². The van der Waals surface area contributed by atoms with Gasteiger partial charge in [-0.25, -0.2) is 44.9 Å². The lowest BCUT2D eigenvalue weighted by molar-refractivity contribution is 0.937. The number of aryl methyl sites for hydroxylation is 2. The first-order chi connectivity index (χ1) is 63.4. The van der Waals surface area contributed by atoms with E-state index in [0.29, 0.717) is 23.8 Å². The number of nitrogens with zero attached hydrogens (tertiary/aromatic N) is 15. The molecule has 0 saturated heterocycles. The Balaban J connectivity index is 0.000000107. The summed E-state index contributed by atoms with van der Waals surface area (Å²) < 4.78 is 13.6. The molecule has 0 atom stereocenters. The smallest absolute Gasteiger partial charge is 0.237 e. The Bertz CT molecular complexity index is 8680. The number of hydrogen-bond donors (Lipinski definition) is 0. The lowest BCUT2D eigenvalue weighted by atomic mass is 10.1. The van der Waals surface area contributed by atoms with E-state index < -0.39 is 0 Å². The van der Waals surface area contributed by atoms with E-state index in [4.69, 9.17) is 29.9 Å². The van der Waals surface area contributed by atoms with E-state index >= 15 is 0 Å². The zero-order valence-electron chi connectivity index (χ0n) is 69.5. The summed E-state index contributed by atoms with van der Waals surface area (Å²) in [5.41, 5.74) is 27.3.